The van der Waals surface area contributed by atoms with Crippen LogP contribution >= 0.6 is 0 Å². The summed E-state index contributed by atoms with van der Waals surface area (Å²) < 4.78 is 7.51. The summed E-state index contributed by atoms with van der Waals surface area (Å²) in [4.78, 5) is 0. The van der Waals surface area contributed by atoms with Crippen LogP contribution in [0.4, 0.5) is 0 Å². The summed E-state index contributed by atoms with van der Waals surface area (Å²) in [5, 5.41) is 4.35. The van der Waals surface area contributed by atoms with Gasteiger partial charge in [0.05, 0.1) is 31.6 Å². The molecule has 0 unspecified atom stereocenters. The van der Waals surface area contributed by atoms with Crippen molar-refractivity contribution in [2.45, 2.75) is 31.9 Å². The highest BCUT2D eigenvalue weighted by Gasteiger charge is 2.29. The van der Waals surface area contributed by atoms with Gasteiger partial charge in [0.2, 0.25) is 0 Å². The summed E-state index contributed by atoms with van der Waals surface area (Å²) in [7, 11) is 0. The Morgan fingerprint density at radius 3 is 3.25 bits per heavy atom. The normalized spacial score (nSPS) is 22.3. The molecule has 0 amide bonds. The molecule has 3 nitrogen and oxygen atoms in total. The first kappa shape index (κ1) is 6.66. The van der Waals surface area contributed by atoms with E-state index in [4.69, 9.17) is 4.74 Å². The van der Waals surface area contributed by atoms with Crippen LogP contribution in [-0.2, 0) is 17.9 Å². The molecule has 0 bridgehead atoms. The second kappa shape index (κ2) is 2.33. The second-order valence-corrected chi connectivity index (χ2v) is 3.60. The molecule has 2 aliphatic rings. The van der Waals surface area contributed by atoms with Gasteiger partial charge in [0.25, 0.3) is 0 Å². The van der Waals surface area contributed by atoms with Gasteiger partial charge in [0.15, 0.2) is 0 Å². The fourth-order valence-electron chi connectivity index (χ4n) is 1.83. The van der Waals surface area contributed by atoms with E-state index in [0.717, 1.165) is 25.7 Å². The maximum absolute atomic E-state index is 5.41. The fraction of sp³-hybridized carbons (Fsp3) is 0.667. The Morgan fingerprint density at radius 1 is 1.50 bits per heavy atom. The molecule has 0 atom stereocenters. The molecule has 0 radical (unpaired) electrons. The van der Waals surface area contributed by atoms with Crippen LogP contribution in [0.2, 0.25) is 0 Å². The average Bonchev–Trinajstić information content (AvgIpc) is 2.86. The van der Waals surface area contributed by atoms with E-state index in [-0.39, 0.29) is 0 Å². The Balaban J connectivity index is 2.03. The Labute approximate surface area is 71.3 Å². The SMILES string of the molecule is c1nn2c(c1C1CC1)COCC2. The van der Waals surface area contributed by atoms with Crippen molar-refractivity contribution in [2.75, 3.05) is 6.61 Å². The fourth-order valence-corrected chi connectivity index (χ4v) is 1.83. The van der Waals surface area contributed by atoms with Crippen molar-refractivity contribution in [3.8, 4) is 0 Å². The smallest absolute Gasteiger partial charge is 0.0888 e. The lowest BCUT2D eigenvalue weighted by Gasteiger charge is -2.15. The van der Waals surface area contributed by atoms with Crippen molar-refractivity contribution in [3.63, 3.8) is 0 Å². The highest BCUT2D eigenvalue weighted by Crippen LogP contribution is 2.42. The Bertz CT molecular complexity index is 301. The van der Waals surface area contributed by atoms with Gasteiger partial charge < -0.3 is 4.74 Å². The molecule has 0 aromatic carbocycles. The molecule has 3 heteroatoms. The van der Waals surface area contributed by atoms with E-state index in [9.17, 15) is 0 Å². The van der Waals surface area contributed by atoms with Crippen molar-refractivity contribution in [2.24, 2.45) is 0 Å². The lowest BCUT2D eigenvalue weighted by molar-refractivity contribution is 0.0794. The number of nitrogens with zero attached hydrogens (tertiary/aromatic N) is 2. The van der Waals surface area contributed by atoms with Crippen molar-refractivity contribution < 1.29 is 4.74 Å². The van der Waals surface area contributed by atoms with Gasteiger partial charge in [-0.25, -0.2) is 0 Å². The molecule has 0 N–H and O–H groups in total. The molecular weight excluding hydrogens is 152 g/mol. The van der Waals surface area contributed by atoms with Gasteiger partial charge in [0, 0.05) is 0 Å². The quantitative estimate of drug-likeness (QED) is 0.625. The van der Waals surface area contributed by atoms with Crippen LogP contribution in [0.25, 0.3) is 0 Å². The summed E-state index contributed by atoms with van der Waals surface area (Å²) >= 11 is 0. The Morgan fingerprint density at radius 2 is 2.42 bits per heavy atom. The number of hydrogen-bond acceptors (Lipinski definition) is 2. The summed E-state index contributed by atoms with van der Waals surface area (Å²) in [6.45, 7) is 2.52. The van der Waals surface area contributed by atoms with E-state index in [2.05, 4.69) is 9.78 Å². The largest absolute Gasteiger partial charge is 0.373 e. The Kier molecular flexibility index (Phi) is 1.29. The molecule has 1 fully saturated rings. The van der Waals surface area contributed by atoms with Crippen LogP contribution in [0.15, 0.2) is 6.20 Å². The first-order chi connectivity index (χ1) is 5.95. The predicted octanol–water partition coefficient (Wildman–Crippen LogP) is 1.29. The summed E-state index contributed by atoms with van der Waals surface area (Å²) in [6.07, 6.45) is 4.72. The lowest BCUT2D eigenvalue weighted by Crippen LogP contribution is -2.17. The number of rotatable bonds is 1. The van der Waals surface area contributed by atoms with E-state index in [1.54, 1.807) is 0 Å². The molecule has 0 spiro atoms. The maximum atomic E-state index is 5.41. The van der Waals surface area contributed by atoms with Crippen LogP contribution in [-0.4, -0.2) is 16.4 Å². The van der Waals surface area contributed by atoms with Gasteiger partial charge in [-0.2, -0.15) is 5.10 Å². The van der Waals surface area contributed by atoms with Crippen LogP contribution in [0.3, 0.4) is 0 Å². The first-order valence-electron chi connectivity index (χ1n) is 4.57. The van der Waals surface area contributed by atoms with Crippen LogP contribution < -0.4 is 0 Å². The molecule has 64 valence electrons. The Hall–Kier alpha value is -0.830. The second-order valence-electron chi connectivity index (χ2n) is 3.60. The van der Waals surface area contributed by atoms with E-state index < -0.39 is 0 Å². The van der Waals surface area contributed by atoms with Gasteiger partial charge in [-0.15, -0.1) is 0 Å². The molecule has 1 saturated carbocycles. The van der Waals surface area contributed by atoms with Gasteiger partial charge in [-0.1, -0.05) is 0 Å². The molecule has 1 aliphatic carbocycles. The van der Waals surface area contributed by atoms with Crippen LogP contribution in [0.5, 0.6) is 0 Å². The molecular formula is C9H12N2O. The topological polar surface area (TPSA) is 27.1 Å². The third-order valence-electron chi connectivity index (χ3n) is 2.68. The summed E-state index contributed by atoms with van der Waals surface area (Å²) in [6, 6.07) is 0. The van der Waals surface area contributed by atoms with E-state index >= 15 is 0 Å². The monoisotopic (exact) mass is 164 g/mol. The van der Waals surface area contributed by atoms with Gasteiger partial charge in [-0.05, 0) is 24.3 Å². The average molecular weight is 164 g/mol. The molecule has 12 heavy (non-hydrogen) atoms. The molecule has 0 saturated heterocycles. The summed E-state index contributed by atoms with van der Waals surface area (Å²) in [5.74, 6) is 0.801. The van der Waals surface area contributed by atoms with Crippen LogP contribution in [0, 0.1) is 0 Å². The highest BCUT2D eigenvalue weighted by atomic mass is 16.5. The molecule has 1 aromatic rings. The minimum absolute atomic E-state index is 0.770. The zero-order valence-electron chi connectivity index (χ0n) is 6.99. The zero-order chi connectivity index (χ0) is 7.97. The maximum Gasteiger partial charge on any atom is 0.0888 e. The van der Waals surface area contributed by atoms with E-state index in [1.807, 2.05) is 6.20 Å². The predicted molar refractivity (Wildman–Crippen MR) is 43.9 cm³/mol. The van der Waals surface area contributed by atoms with Gasteiger partial charge in [-0.3, -0.25) is 4.68 Å². The van der Waals surface area contributed by atoms with Gasteiger partial charge >= 0.3 is 0 Å². The number of ether oxygens (including phenoxy) is 1. The van der Waals surface area contributed by atoms with E-state index in [1.165, 1.54) is 24.1 Å². The van der Waals surface area contributed by atoms with Crippen LogP contribution in [0.1, 0.15) is 30.0 Å². The van der Waals surface area contributed by atoms with Crippen molar-refractivity contribution in [3.05, 3.63) is 17.5 Å². The third kappa shape index (κ3) is 0.894. The molecule has 1 aliphatic heterocycles. The molecule has 2 heterocycles. The first-order valence-corrected chi connectivity index (χ1v) is 4.57. The summed E-state index contributed by atoms with van der Waals surface area (Å²) in [5.41, 5.74) is 2.76. The minimum Gasteiger partial charge on any atom is -0.373 e. The zero-order valence-corrected chi connectivity index (χ0v) is 6.99. The number of aromatic nitrogens is 2. The number of fused-ring (bicyclic) bond motifs is 1. The standard InChI is InChI=1S/C9H12N2O/c1-2-7(1)8-5-10-11-3-4-12-6-9(8)11/h5,7H,1-4,6H2. The highest BCUT2D eigenvalue weighted by molar-refractivity contribution is 5.26. The van der Waals surface area contributed by atoms with Crippen molar-refractivity contribution in [1.29, 1.82) is 0 Å². The minimum atomic E-state index is 0.770. The molecule has 3 rings (SSSR count). The van der Waals surface area contributed by atoms with Crippen molar-refractivity contribution >= 4 is 0 Å². The molecule has 1 aromatic heterocycles. The van der Waals surface area contributed by atoms with Crippen molar-refractivity contribution in [1.82, 2.24) is 9.78 Å². The number of hydrogen-bond donors (Lipinski definition) is 0. The van der Waals surface area contributed by atoms with E-state index in [0.29, 0.717) is 0 Å². The third-order valence-corrected chi connectivity index (χ3v) is 2.68. The van der Waals surface area contributed by atoms with Gasteiger partial charge in [0.1, 0.15) is 0 Å². The lowest BCUT2D eigenvalue weighted by atomic mass is 10.1.